The van der Waals surface area contributed by atoms with Gasteiger partial charge in [-0.3, -0.25) is 4.99 Å². The second-order valence-corrected chi connectivity index (χ2v) is 4.46. The first-order valence-electron chi connectivity index (χ1n) is 6.29. The number of halogens is 1. The Balaban J connectivity index is 2.55. The van der Waals surface area contributed by atoms with Gasteiger partial charge in [-0.2, -0.15) is 0 Å². The number of guanidine groups is 1. The molecule has 3 nitrogen and oxygen atoms in total. The van der Waals surface area contributed by atoms with Gasteiger partial charge in [0.2, 0.25) is 0 Å². The molecular weight excluding hydrogens is 229 g/mol. The maximum atomic E-state index is 13.1. The van der Waals surface area contributed by atoms with E-state index in [0.29, 0.717) is 18.2 Å². The van der Waals surface area contributed by atoms with Gasteiger partial charge in [0, 0.05) is 19.6 Å². The Labute approximate surface area is 109 Å². The number of nitrogens with one attached hydrogen (secondary N) is 2. The number of benzene rings is 1. The van der Waals surface area contributed by atoms with Crippen LogP contribution in [0.1, 0.15) is 31.4 Å². The first-order valence-corrected chi connectivity index (χ1v) is 6.29. The smallest absolute Gasteiger partial charge is 0.191 e. The summed E-state index contributed by atoms with van der Waals surface area (Å²) in [6, 6.07) is 5.51. The lowest BCUT2D eigenvalue weighted by Gasteiger charge is -2.16. The van der Waals surface area contributed by atoms with E-state index in [9.17, 15) is 4.39 Å². The van der Waals surface area contributed by atoms with Gasteiger partial charge in [-0.1, -0.05) is 19.1 Å². The third-order valence-corrected chi connectivity index (χ3v) is 2.90. The standard InChI is InChI=1S/C14H22FN3/c1-5-11(3)18-14(16-4)17-9-12-6-7-13(15)10(2)8-12/h6-8,11H,5,9H2,1-4H3,(H2,16,17,18). The molecule has 1 atom stereocenters. The zero-order valence-electron chi connectivity index (χ0n) is 11.5. The van der Waals surface area contributed by atoms with E-state index < -0.39 is 0 Å². The highest BCUT2D eigenvalue weighted by atomic mass is 19.1. The Morgan fingerprint density at radius 2 is 2.17 bits per heavy atom. The highest BCUT2D eigenvalue weighted by Gasteiger charge is 2.03. The molecule has 1 aromatic carbocycles. The van der Waals surface area contributed by atoms with Gasteiger partial charge in [0.1, 0.15) is 5.82 Å². The predicted octanol–water partition coefficient (Wildman–Crippen LogP) is 2.60. The molecule has 18 heavy (non-hydrogen) atoms. The van der Waals surface area contributed by atoms with Crippen molar-refractivity contribution < 1.29 is 4.39 Å². The molecule has 100 valence electrons. The van der Waals surface area contributed by atoms with E-state index in [1.807, 2.05) is 6.07 Å². The van der Waals surface area contributed by atoms with E-state index in [0.717, 1.165) is 17.9 Å². The third kappa shape index (κ3) is 4.35. The molecule has 0 saturated carbocycles. The van der Waals surface area contributed by atoms with Crippen molar-refractivity contribution in [1.29, 1.82) is 0 Å². The molecule has 0 aliphatic carbocycles. The number of hydrogen-bond acceptors (Lipinski definition) is 1. The highest BCUT2D eigenvalue weighted by Crippen LogP contribution is 2.08. The Bertz CT molecular complexity index is 416. The van der Waals surface area contributed by atoms with Gasteiger partial charge in [0.05, 0.1) is 0 Å². The number of nitrogens with zero attached hydrogens (tertiary/aromatic N) is 1. The van der Waals surface area contributed by atoms with Crippen LogP contribution < -0.4 is 10.6 Å². The van der Waals surface area contributed by atoms with Crippen LogP contribution in [0.3, 0.4) is 0 Å². The van der Waals surface area contributed by atoms with Crippen LogP contribution in [-0.4, -0.2) is 19.0 Å². The summed E-state index contributed by atoms with van der Waals surface area (Å²) in [5.41, 5.74) is 1.71. The predicted molar refractivity (Wildman–Crippen MR) is 74.2 cm³/mol. The Kier molecular flexibility index (Phi) is 5.62. The molecule has 1 rings (SSSR count). The van der Waals surface area contributed by atoms with Gasteiger partial charge < -0.3 is 10.6 Å². The van der Waals surface area contributed by atoms with Gasteiger partial charge in [0.15, 0.2) is 5.96 Å². The zero-order chi connectivity index (χ0) is 13.5. The van der Waals surface area contributed by atoms with Crippen molar-refractivity contribution in [2.75, 3.05) is 7.05 Å². The molecule has 2 N–H and O–H groups in total. The van der Waals surface area contributed by atoms with Crippen LogP contribution in [0.4, 0.5) is 4.39 Å². The first kappa shape index (κ1) is 14.5. The molecule has 0 bridgehead atoms. The van der Waals surface area contributed by atoms with Crippen molar-refractivity contribution in [3.05, 3.63) is 35.1 Å². The van der Waals surface area contributed by atoms with Crippen molar-refractivity contribution in [3.63, 3.8) is 0 Å². The van der Waals surface area contributed by atoms with Crippen LogP contribution in [0, 0.1) is 12.7 Å². The normalized spacial score (nSPS) is 13.3. The molecule has 1 aromatic rings. The average Bonchev–Trinajstić information content (AvgIpc) is 2.38. The number of rotatable bonds is 4. The van der Waals surface area contributed by atoms with Gasteiger partial charge in [-0.05, 0) is 37.5 Å². The van der Waals surface area contributed by atoms with Crippen molar-refractivity contribution in [3.8, 4) is 0 Å². The summed E-state index contributed by atoms with van der Waals surface area (Å²) < 4.78 is 13.1. The van der Waals surface area contributed by atoms with E-state index in [4.69, 9.17) is 0 Å². The van der Waals surface area contributed by atoms with Crippen LogP contribution in [-0.2, 0) is 6.54 Å². The molecule has 0 heterocycles. The number of aryl methyl sites for hydroxylation is 1. The van der Waals surface area contributed by atoms with E-state index >= 15 is 0 Å². The van der Waals surface area contributed by atoms with Crippen LogP contribution >= 0.6 is 0 Å². The molecular formula is C14H22FN3. The Morgan fingerprint density at radius 3 is 2.72 bits per heavy atom. The van der Waals surface area contributed by atoms with Crippen molar-refractivity contribution in [1.82, 2.24) is 10.6 Å². The van der Waals surface area contributed by atoms with Gasteiger partial charge in [0.25, 0.3) is 0 Å². The van der Waals surface area contributed by atoms with E-state index in [1.165, 1.54) is 6.07 Å². The second kappa shape index (κ2) is 6.99. The summed E-state index contributed by atoms with van der Waals surface area (Å²) in [5.74, 6) is 0.604. The summed E-state index contributed by atoms with van der Waals surface area (Å²) in [5, 5.41) is 6.49. The summed E-state index contributed by atoms with van der Waals surface area (Å²) in [7, 11) is 1.74. The molecule has 0 aromatic heterocycles. The summed E-state index contributed by atoms with van der Waals surface area (Å²) in [4.78, 5) is 4.15. The molecule has 0 amide bonds. The Hall–Kier alpha value is -1.58. The fraction of sp³-hybridized carbons (Fsp3) is 0.500. The van der Waals surface area contributed by atoms with Gasteiger partial charge in [-0.15, -0.1) is 0 Å². The monoisotopic (exact) mass is 251 g/mol. The largest absolute Gasteiger partial charge is 0.354 e. The molecule has 1 unspecified atom stereocenters. The van der Waals surface area contributed by atoms with Crippen LogP contribution in [0.5, 0.6) is 0 Å². The quantitative estimate of drug-likeness (QED) is 0.637. The van der Waals surface area contributed by atoms with Crippen LogP contribution in [0.15, 0.2) is 23.2 Å². The lowest BCUT2D eigenvalue weighted by molar-refractivity contribution is 0.615. The van der Waals surface area contributed by atoms with E-state index in [2.05, 4.69) is 29.5 Å². The first-order chi connectivity index (χ1) is 8.56. The van der Waals surface area contributed by atoms with Crippen molar-refractivity contribution >= 4 is 5.96 Å². The molecule has 0 saturated heterocycles. The average molecular weight is 251 g/mol. The summed E-state index contributed by atoms with van der Waals surface area (Å²) >= 11 is 0. The minimum absolute atomic E-state index is 0.166. The lowest BCUT2D eigenvalue weighted by Crippen LogP contribution is -2.41. The van der Waals surface area contributed by atoms with E-state index in [-0.39, 0.29) is 5.82 Å². The lowest BCUT2D eigenvalue weighted by atomic mass is 10.1. The number of hydrogen-bond donors (Lipinski definition) is 2. The van der Waals surface area contributed by atoms with Gasteiger partial charge >= 0.3 is 0 Å². The minimum atomic E-state index is -0.166. The zero-order valence-corrected chi connectivity index (χ0v) is 11.5. The second-order valence-electron chi connectivity index (χ2n) is 4.46. The third-order valence-electron chi connectivity index (χ3n) is 2.90. The number of aliphatic imine (C=N–C) groups is 1. The fourth-order valence-electron chi connectivity index (χ4n) is 1.53. The molecule has 0 radical (unpaired) electrons. The molecule has 0 fully saturated rings. The van der Waals surface area contributed by atoms with Crippen LogP contribution in [0.2, 0.25) is 0 Å². The maximum Gasteiger partial charge on any atom is 0.191 e. The Morgan fingerprint density at radius 1 is 1.44 bits per heavy atom. The van der Waals surface area contributed by atoms with E-state index in [1.54, 1.807) is 20.0 Å². The maximum absolute atomic E-state index is 13.1. The summed E-state index contributed by atoms with van der Waals surface area (Å²) in [6.07, 6.45) is 1.04. The van der Waals surface area contributed by atoms with Crippen molar-refractivity contribution in [2.24, 2.45) is 4.99 Å². The minimum Gasteiger partial charge on any atom is -0.354 e. The SMILES string of the molecule is CCC(C)NC(=NC)NCc1ccc(F)c(C)c1. The van der Waals surface area contributed by atoms with Crippen molar-refractivity contribution in [2.45, 2.75) is 39.8 Å². The van der Waals surface area contributed by atoms with Gasteiger partial charge in [-0.25, -0.2) is 4.39 Å². The molecule has 0 aliphatic heterocycles. The molecule has 0 spiro atoms. The van der Waals surface area contributed by atoms with Crippen LogP contribution in [0.25, 0.3) is 0 Å². The summed E-state index contributed by atoms with van der Waals surface area (Å²) in [6.45, 7) is 6.63. The molecule has 0 aliphatic rings. The highest BCUT2D eigenvalue weighted by molar-refractivity contribution is 5.79. The topological polar surface area (TPSA) is 36.4 Å². The fourth-order valence-corrected chi connectivity index (χ4v) is 1.53. The molecule has 4 heteroatoms.